The van der Waals surface area contributed by atoms with E-state index in [0.29, 0.717) is 28.8 Å². The number of allylic oxidation sites excluding steroid dienone is 2. The number of aryl methyl sites for hydroxylation is 2. The Morgan fingerprint density at radius 1 is 1.16 bits per heavy atom. The Labute approximate surface area is 145 Å². The molecule has 8 heteroatoms. The highest BCUT2D eigenvalue weighted by Gasteiger charge is 2.31. The molecule has 0 atom stereocenters. The van der Waals surface area contributed by atoms with Gasteiger partial charge in [0.25, 0.3) is 16.0 Å². The van der Waals surface area contributed by atoms with E-state index in [1.165, 1.54) is 11.3 Å². The van der Waals surface area contributed by atoms with E-state index >= 15 is 0 Å². The summed E-state index contributed by atoms with van der Waals surface area (Å²) in [6, 6.07) is 1.66. The maximum absolute atomic E-state index is 12.9. The zero-order valence-electron chi connectivity index (χ0n) is 14.6. The van der Waals surface area contributed by atoms with Crippen LogP contribution in [0.3, 0.4) is 0 Å². The van der Waals surface area contributed by atoms with Gasteiger partial charge in [-0.1, -0.05) is 13.3 Å². The average molecular weight is 364 g/mol. The average Bonchev–Trinajstić information content (AvgIpc) is 2.90. The largest absolute Gasteiger partial charge is 0.340 e. The fraction of sp³-hybridized carbons (Fsp3) is 0.412. The summed E-state index contributed by atoms with van der Waals surface area (Å²) < 4.78 is 35.1. The highest BCUT2D eigenvalue weighted by atomic mass is 32.2. The Balaban J connectivity index is 2.42. The maximum atomic E-state index is 12.9. The number of carbonyl (C=O) groups is 1. The molecule has 0 bridgehead atoms. The van der Waals surface area contributed by atoms with Crippen LogP contribution in [0.25, 0.3) is 11.1 Å². The Bertz CT molecular complexity index is 1120. The van der Waals surface area contributed by atoms with E-state index < -0.39 is 15.8 Å². The van der Waals surface area contributed by atoms with Crippen LogP contribution in [0.4, 0.5) is 0 Å². The van der Waals surface area contributed by atoms with Gasteiger partial charge >= 0.3 is 5.69 Å². The van der Waals surface area contributed by atoms with Gasteiger partial charge in [-0.05, 0) is 50.8 Å². The second-order valence-electron chi connectivity index (χ2n) is 6.40. The lowest BCUT2D eigenvalue weighted by atomic mass is 10.0. The van der Waals surface area contributed by atoms with Gasteiger partial charge in [0.2, 0.25) is 0 Å². The number of rotatable bonds is 4. The Kier molecular flexibility index (Phi) is 4.00. The van der Waals surface area contributed by atoms with Crippen molar-refractivity contribution >= 4 is 27.1 Å². The molecule has 0 aromatic carbocycles. The van der Waals surface area contributed by atoms with Gasteiger partial charge in [-0.15, -0.1) is 0 Å². The molecule has 3 heterocycles. The summed E-state index contributed by atoms with van der Waals surface area (Å²) in [6.07, 6.45) is 2.51. The highest BCUT2D eigenvalue weighted by Crippen LogP contribution is 2.33. The summed E-state index contributed by atoms with van der Waals surface area (Å²) in [5.41, 5.74) is 2.05. The molecule has 0 amide bonds. The summed E-state index contributed by atoms with van der Waals surface area (Å²) in [6.45, 7) is 6.73. The first-order chi connectivity index (χ1) is 11.6. The van der Waals surface area contributed by atoms with Crippen LogP contribution in [-0.4, -0.2) is 27.8 Å². The summed E-state index contributed by atoms with van der Waals surface area (Å²) in [5, 5.41) is 0. The Hall–Kier alpha value is -2.19. The molecule has 25 heavy (non-hydrogen) atoms. The number of unbranched alkanes of at least 4 members (excludes halogenated alkanes) is 1. The minimum Gasteiger partial charge on any atom is -0.282 e. The molecule has 134 valence electrons. The summed E-state index contributed by atoms with van der Waals surface area (Å²) in [7, 11) is -4.48. The first-order valence-corrected chi connectivity index (χ1v) is 9.55. The zero-order chi connectivity index (χ0) is 18.7. The van der Waals surface area contributed by atoms with Crippen LogP contribution < -0.4 is 5.69 Å². The molecule has 1 N–H and O–H groups in total. The van der Waals surface area contributed by atoms with Gasteiger partial charge in [0.1, 0.15) is 4.90 Å². The number of hydrogen-bond donors (Lipinski definition) is 1. The van der Waals surface area contributed by atoms with Crippen molar-refractivity contribution in [3.63, 3.8) is 0 Å². The van der Waals surface area contributed by atoms with E-state index in [-0.39, 0.29) is 16.5 Å². The number of hydrogen-bond acceptors (Lipinski definition) is 4. The first kappa shape index (κ1) is 17.6. The maximum Gasteiger partial charge on any atom is 0.340 e. The second kappa shape index (κ2) is 5.67. The number of aromatic nitrogens is 2. The van der Waals surface area contributed by atoms with Gasteiger partial charge in [0.05, 0.1) is 11.2 Å². The van der Waals surface area contributed by atoms with Gasteiger partial charge in [-0.2, -0.15) is 8.42 Å². The zero-order valence-corrected chi connectivity index (χ0v) is 15.4. The lowest BCUT2D eigenvalue weighted by Gasteiger charge is -2.08. The highest BCUT2D eigenvalue weighted by molar-refractivity contribution is 7.86. The molecular weight excluding hydrogens is 344 g/mol. The van der Waals surface area contributed by atoms with Crippen LogP contribution in [0.15, 0.2) is 21.3 Å². The summed E-state index contributed by atoms with van der Waals surface area (Å²) in [5.74, 6) is -0.382. The fourth-order valence-corrected chi connectivity index (χ4v) is 4.57. The van der Waals surface area contributed by atoms with E-state index in [1.54, 1.807) is 19.9 Å². The molecule has 0 aliphatic carbocycles. The third kappa shape index (κ3) is 2.39. The van der Waals surface area contributed by atoms with Crippen molar-refractivity contribution in [2.45, 2.75) is 51.9 Å². The standard InChI is InChI=1S/C17H20N2O5S/c1-5-6-7-12-9(2)16(20)19-14(12)8-13-10(3)15(25(22,23)24)11(4)18(13)17(19)21/h8H,5-7H2,1-4H3,(H,22,23,24). The molecule has 0 saturated carbocycles. The SMILES string of the molecule is CCCCC1=C(C)C(=O)n2c1cc1c(C)c(S(=O)(=O)O)c(C)n1c2=O. The monoisotopic (exact) mass is 364 g/mol. The van der Waals surface area contributed by atoms with Gasteiger partial charge < -0.3 is 0 Å². The van der Waals surface area contributed by atoms with Gasteiger partial charge in [-0.3, -0.25) is 13.7 Å². The Morgan fingerprint density at radius 2 is 1.80 bits per heavy atom. The minimum atomic E-state index is -4.48. The van der Waals surface area contributed by atoms with Crippen molar-refractivity contribution in [2.24, 2.45) is 0 Å². The molecule has 7 nitrogen and oxygen atoms in total. The molecule has 1 aliphatic heterocycles. The van der Waals surface area contributed by atoms with Crippen molar-refractivity contribution in [2.75, 3.05) is 0 Å². The number of nitrogens with zero attached hydrogens (tertiary/aromatic N) is 2. The van der Waals surface area contributed by atoms with Gasteiger partial charge in [0.15, 0.2) is 0 Å². The van der Waals surface area contributed by atoms with E-state index in [0.717, 1.165) is 23.0 Å². The second-order valence-corrected chi connectivity index (χ2v) is 7.75. The lowest BCUT2D eigenvalue weighted by Crippen LogP contribution is -2.31. The van der Waals surface area contributed by atoms with Crippen molar-refractivity contribution in [1.29, 1.82) is 0 Å². The molecule has 0 spiro atoms. The molecular formula is C17H20N2O5S. The number of fused-ring (bicyclic) bond motifs is 2. The summed E-state index contributed by atoms with van der Waals surface area (Å²) in [4.78, 5) is 25.2. The summed E-state index contributed by atoms with van der Waals surface area (Å²) >= 11 is 0. The van der Waals surface area contributed by atoms with Crippen molar-refractivity contribution in [3.8, 4) is 0 Å². The quantitative estimate of drug-likeness (QED) is 0.841. The lowest BCUT2D eigenvalue weighted by molar-refractivity contribution is 0.0955. The van der Waals surface area contributed by atoms with Crippen LogP contribution in [0, 0.1) is 13.8 Å². The van der Waals surface area contributed by atoms with E-state index in [4.69, 9.17) is 0 Å². The molecule has 3 rings (SSSR count). The molecule has 0 radical (unpaired) electrons. The fourth-order valence-electron chi connectivity index (χ4n) is 3.61. The van der Waals surface area contributed by atoms with Gasteiger partial charge in [0, 0.05) is 11.3 Å². The third-order valence-corrected chi connectivity index (χ3v) is 5.97. The normalized spacial score (nSPS) is 14.7. The molecule has 0 unspecified atom stereocenters. The van der Waals surface area contributed by atoms with Crippen molar-refractivity contribution < 1.29 is 17.8 Å². The predicted molar refractivity (Wildman–Crippen MR) is 93.7 cm³/mol. The molecule has 1 aliphatic rings. The first-order valence-electron chi connectivity index (χ1n) is 8.11. The topological polar surface area (TPSA) is 97.8 Å². The minimum absolute atomic E-state index is 0.0998. The van der Waals surface area contributed by atoms with E-state index in [1.807, 2.05) is 6.92 Å². The Morgan fingerprint density at radius 3 is 2.36 bits per heavy atom. The molecule has 2 aromatic rings. The molecule has 0 fully saturated rings. The van der Waals surface area contributed by atoms with Crippen molar-refractivity contribution in [3.05, 3.63) is 39.1 Å². The van der Waals surface area contributed by atoms with E-state index in [9.17, 15) is 22.6 Å². The van der Waals surface area contributed by atoms with Crippen molar-refractivity contribution in [1.82, 2.24) is 8.97 Å². The van der Waals surface area contributed by atoms with Crippen LogP contribution in [0.2, 0.25) is 0 Å². The van der Waals surface area contributed by atoms with Crippen LogP contribution >= 0.6 is 0 Å². The van der Waals surface area contributed by atoms with Crippen LogP contribution in [-0.2, 0) is 10.1 Å². The predicted octanol–water partition coefficient (Wildman–Crippen LogP) is 2.58. The smallest absolute Gasteiger partial charge is 0.282 e. The van der Waals surface area contributed by atoms with Crippen LogP contribution in [0.5, 0.6) is 0 Å². The molecule has 2 aromatic heterocycles. The van der Waals surface area contributed by atoms with E-state index in [2.05, 4.69) is 0 Å². The van der Waals surface area contributed by atoms with Crippen LogP contribution in [0.1, 0.15) is 54.9 Å². The molecule has 0 saturated heterocycles. The third-order valence-electron chi connectivity index (χ3n) is 4.85. The van der Waals surface area contributed by atoms with Gasteiger partial charge in [-0.25, -0.2) is 9.36 Å². The number of carbonyl (C=O) groups excluding carboxylic acids is 1.